The summed E-state index contributed by atoms with van der Waals surface area (Å²) in [5.41, 5.74) is 3.17. The van der Waals surface area contributed by atoms with Crippen molar-refractivity contribution < 1.29 is 4.39 Å². The van der Waals surface area contributed by atoms with Gasteiger partial charge in [-0.3, -0.25) is 4.90 Å². The van der Waals surface area contributed by atoms with Crippen LogP contribution in [0.25, 0.3) is 11.4 Å². The van der Waals surface area contributed by atoms with Crippen LogP contribution in [0.2, 0.25) is 0 Å². The van der Waals surface area contributed by atoms with Crippen molar-refractivity contribution in [1.82, 2.24) is 35.7 Å². The Bertz CT molecular complexity index is 992. The number of H-pyrrole nitrogens is 1. The summed E-state index contributed by atoms with van der Waals surface area (Å²) in [5.74, 6) is 0.408. The summed E-state index contributed by atoms with van der Waals surface area (Å²) in [7, 11) is 0. The van der Waals surface area contributed by atoms with Gasteiger partial charge in [-0.1, -0.05) is 13.8 Å². The van der Waals surface area contributed by atoms with Gasteiger partial charge in [-0.25, -0.2) is 4.39 Å². The summed E-state index contributed by atoms with van der Waals surface area (Å²) in [4.78, 5) is 4.67. The lowest BCUT2D eigenvalue weighted by molar-refractivity contribution is 0.155. The van der Waals surface area contributed by atoms with Gasteiger partial charge >= 0.3 is 0 Å². The molecule has 1 aliphatic rings. The molecular weight excluding hydrogens is 395 g/mol. The van der Waals surface area contributed by atoms with Crippen LogP contribution in [0.5, 0.6) is 0 Å². The zero-order valence-electron chi connectivity index (χ0n) is 18.5. The number of piperazine rings is 1. The van der Waals surface area contributed by atoms with Crippen molar-refractivity contribution >= 4 is 5.69 Å². The van der Waals surface area contributed by atoms with Crippen molar-refractivity contribution in [1.29, 1.82) is 0 Å². The molecule has 1 N–H and O–H groups in total. The normalized spacial score (nSPS) is 19.9. The van der Waals surface area contributed by atoms with E-state index in [0.717, 1.165) is 43.0 Å². The third-order valence-corrected chi connectivity index (χ3v) is 5.76. The Morgan fingerprint density at radius 2 is 2.00 bits per heavy atom. The molecular formula is C22H29FN8. The number of benzene rings is 1. The molecule has 3 heterocycles. The second-order valence-corrected chi connectivity index (χ2v) is 8.80. The van der Waals surface area contributed by atoms with Crippen LogP contribution in [-0.4, -0.2) is 60.9 Å². The maximum absolute atomic E-state index is 15.3. The SMILES string of the molecule is CC(C)Cc1cc(F)c(-c2nn[nH]n2)c(N2CC(C)N(Cc3cccnn3)CC2C)c1. The van der Waals surface area contributed by atoms with Crippen LogP contribution in [0.4, 0.5) is 10.1 Å². The van der Waals surface area contributed by atoms with Crippen LogP contribution in [-0.2, 0) is 13.0 Å². The second kappa shape index (κ2) is 9.05. The molecule has 0 radical (unpaired) electrons. The Morgan fingerprint density at radius 1 is 1.16 bits per heavy atom. The minimum Gasteiger partial charge on any atom is -0.365 e. The predicted octanol–water partition coefficient (Wildman–Crippen LogP) is 3.09. The molecule has 164 valence electrons. The molecule has 4 rings (SSSR count). The molecule has 1 saturated heterocycles. The highest BCUT2D eigenvalue weighted by Crippen LogP contribution is 2.36. The minimum atomic E-state index is -0.309. The summed E-state index contributed by atoms with van der Waals surface area (Å²) in [6, 6.07) is 8.03. The van der Waals surface area contributed by atoms with Gasteiger partial charge in [0.2, 0.25) is 5.82 Å². The molecule has 0 aliphatic carbocycles. The van der Waals surface area contributed by atoms with E-state index in [2.05, 4.69) is 74.4 Å². The van der Waals surface area contributed by atoms with Crippen LogP contribution in [0.3, 0.4) is 0 Å². The van der Waals surface area contributed by atoms with E-state index < -0.39 is 0 Å². The third kappa shape index (κ3) is 4.71. The number of halogens is 1. The molecule has 1 aliphatic heterocycles. The van der Waals surface area contributed by atoms with Gasteiger partial charge in [0.25, 0.3) is 0 Å². The number of tetrazole rings is 1. The Balaban J connectivity index is 1.65. The van der Waals surface area contributed by atoms with Gasteiger partial charge in [0, 0.05) is 37.9 Å². The Morgan fingerprint density at radius 3 is 2.68 bits per heavy atom. The van der Waals surface area contributed by atoms with E-state index in [1.165, 1.54) is 0 Å². The lowest BCUT2D eigenvalue weighted by Crippen LogP contribution is -2.56. The highest BCUT2D eigenvalue weighted by molar-refractivity contribution is 5.76. The van der Waals surface area contributed by atoms with Crippen molar-refractivity contribution in [2.24, 2.45) is 5.92 Å². The molecule has 1 aromatic carbocycles. The molecule has 31 heavy (non-hydrogen) atoms. The van der Waals surface area contributed by atoms with Crippen molar-refractivity contribution in [2.75, 3.05) is 18.0 Å². The molecule has 3 aromatic rings. The van der Waals surface area contributed by atoms with E-state index in [4.69, 9.17) is 0 Å². The number of rotatable bonds is 6. The van der Waals surface area contributed by atoms with Crippen LogP contribution in [0, 0.1) is 11.7 Å². The van der Waals surface area contributed by atoms with E-state index >= 15 is 4.39 Å². The topological polar surface area (TPSA) is 86.7 Å². The molecule has 2 atom stereocenters. The molecule has 0 saturated carbocycles. The fraction of sp³-hybridized carbons (Fsp3) is 0.500. The minimum absolute atomic E-state index is 0.173. The van der Waals surface area contributed by atoms with Gasteiger partial charge in [-0.15, -0.1) is 10.2 Å². The number of hydrogen-bond donors (Lipinski definition) is 1. The quantitative estimate of drug-likeness (QED) is 0.651. The molecule has 0 amide bonds. The average molecular weight is 425 g/mol. The number of hydrogen-bond acceptors (Lipinski definition) is 7. The largest absolute Gasteiger partial charge is 0.365 e. The average Bonchev–Trinajstić information content (AvgIpc) is 3.24. The van der Waals surface area contributed by atoms with Gasteiger partial charge in [0.1, 0.15) is 5.82 Å². The van der Waals surface area contributed by atoms with E-state index in [0.29, 0.717) is 11.5 Å². The van der Waals surface area contributed by atoms with Crippen molar-refractivity contribution in [3.8, 4) is 11.4 Å². The van der Waals surface area contributed by atoms with Crippen LogP contribution < -0.4 is 4.90 Å². The Kier molecular flexibility index (Phi) is 6.22. The first-order valence-corrected chi connectivity index (χ1v) is 10.8. The Labute approximate surface area is 181 Å². The van der Waals surface area contributed by atoms with E-state index in [1.807, 2.05) is 12.1 Å². The van der Waals surface area contributed by atoms with Crippen LogP contribution in [0.15, 0.2) is 30.5 Å². The maximum atomic E-state index is 15.3. The maximum Gasteiger partial charge on any atom is 0.209 e. The molecule has 1 fully saturated rings. The summed E-state index contributed by atoms with van der Waals surface area (Å²) in [5, 5.41) is 22.4. The fourth-order valence-corrected chi connectivity index (χ4v) is 4.33. The lowest BCUT2D eigenvalue weighted by Gasteiger charge is -2.45. The number of anilines is 1. The fourth-order valence-electron chi connectivity index (χ4n) is 4.33. The van der Waals surface area contributed by atoms with Crippen LogP contribution >= 0.6 is 0 Å². The smallest absolute Gasteiger partial charge is 0.209 e. The summed E-state index contributed by atoms with van der Waals surface area (Å²) in [6.45, 7) is 11.0. The summed E-state index contributed by atoms with van der Waals surface area (Å²) < 4.78 is 15.3. The summed E-state index contributed by atoms with van der Waals surface area (Å²) in [6.07, 6.45) is 2.50. The number of aromatic amines is 1. The van der Waals surface area contributed by atoms with Crippen LogP contribution in [0.1, 0.15) is 39.0 Å². The van der Waals surface area contributed by atoms with Gasteiger partial charge in [0.05, 0.1) is 16.9 Å². The van der Waals surface area contributed by atoms with Crippen molar-refractivity contribution in [2.45, 2.75) is 52.7 Å². The zero-order valence-corrected chi connectivity index (χ0v) is 18.5. The molecule has 8 nitrogen and oxygen atoms in total. The lowest BCUT2D eigenvalue weighted by atomic mass is 9.97. The van der Waals surface area contributed by atoms with Gasteiger partial charge < -0.3 is 4.90 Å². The first-order chi connectivity index (χ1) is 14.9. The first-order valence-electron chi connectivity index (χ1n) is 10.8. The summed E-state index contributed by atoms with van der Waals surface area (Å²) >= 11 is 0. The molecule has 0 spiro atoms. The zero-order chi connectivity index (χ0) is 22.0. The predicted molar refractivity (Wildman–Crippen MR) is 117 cm³/mol. The Hall–Kier alpha value is -2.94. The second-order valence-electron chi connectivity index (χ2n) is 8.80. The molecule has 0 bridgehead atoms. The van der Waals surface area contributed by atoms with Crippen molar-refractivity contribution in [3.63, 3.8) is 0 Å². The van der Waals surface area contributed by atoms with E-state index in [1.54, 1.807) is 12.3 Å². The van der Waals surface area contributed by atoms with Gasteiger partial charge in [-0.2, -0.15) is 15.4 Å². The van der Waals surface area contributed by atoms with Crippen molar-refractivity contribution in [3.05, 3.63) is 47.5 Å². The number of aromatic nitrogens is 6. The molecule has 9 heteroatoms. The third-order valence-electron chi connectivity index (χ3n) is 5.76. The number of nitrogens with zero attached hydrogens (tertiary/aromatic N) is 7. The van der Waals surface area contributed by atoms with E-state index in [-0.39, 0.29) is 23.7 Å². The monoisotopic (exact) mass is 424 g/mol. The highest BCUT2D eigenvalue weighted by Gasteiger charge is 2.32. The standard InChI is InChI=1S/C22H29FN8/c1-14(2)8-17-9-19(23)21(22-26-28-29-27-22)20(10-17)31-12-15(3)30(11-16(31)4)13-18-6-5-7-24-25-18/h5-7,9-10,14-16H,8,11-13H2,1-4H3,(H,26,27,28,29). The molecule has 2 unspecified atom stereocenters. The molecule has 2 aromatic heterocycles. The van der Waals surface area contributed by atoms with Gasteiger partial charge in [0.15, 0.2) is 0 Å². The number of nitrogens with one attached hydrogen (secondary N) is 1. The van der Waals surface area contributed by atoms with Gasteiger partial charge in [-0.05, 0) is 61.2 Å². The first kappa shape index (κ1) is 21.3. The highest BCUT2D eigenvalue weighted by atomic mass is 19.1. The van der Waals surface area contributed by atoms with E-state index in [9.17, 15) is 0 Å².